The third kappa shape index (κ3) is 3.53. The summed E-state index contributed by atoms with van der Waals surface area (Å²) < 4.78 is 26.9. The fourth-order valence-corrected chi connectivity index (χ4v) is 2.34. The van der Waals surface area contributed by atoms with Gasteiger partial charge in [0.15, 0.2) is 0 Å². The van der Waals surface area contributed by atoms with E-state index in [0.29, 0.717) is 15.6 Å². The smallest absolute Gasteiger partial charge is 0.141 e. The molecule has 2 aromatic carbocycles. The number of aliphatic hydroxyl groups is 1. The second kappa shape index (κ2) is 5.99. The van der Waals surface area contributed by atoms with Gasteiger partial charge in [-0.25, -0.2) is 8.78 Å². The molecule has 1 atom stereocenters. The van der Waals surface area contributed by atoms with Gasteiger partial charge in [-0.15, -0.1) is 0 Å². The molecule has 19 heavy (non-hydrogen) atoms. The van der Waals surface area contributed by atoms with E-state index in [1.165, 1.54) is 30.3 Å². The highest BCUT2D eigenvalue weighted by Gasteiger charge is 2.13. The van der Waals surface area contributed by atoms with Crippen LogP contribution in [0.25, 0.3) is 0 Å². The standard InChI is InChI=1S/C14H10BrClF2O/c15-11-3-2-10(17)5-9(11)7-14(19)8-1-4-13(18)12(16)6-8/h1-6,14,19H,7H2. The number of aliphatic hydroxyl groups excluding tert-OH is 1. The van der Waals surface area contributed by atoms with Gasteiger partial charge in [0, 0.05) is 10.9 Å². The molecule has 0 aromatic heterocycles. The Kier molecular flexibility index (Phi) is 4.55. The average molecular weight is 348 g/mol. The van der Waals surface area contributed by atoms with E-state index < -0.39 is 11.9 Å². The summed E-state index contributed by atoms with van der Waals surface area (Å²) in [6.07, 6.45) is -0.670. The number of hydrogen-bond donors (Lipinski definition) is 1. The quantitative estimate of drug-likeness (QED) is 0.856. The summed E-state index contributed by atoms with van der Waals surface area (Å²) in [7, 11) is 0. The van der Waals surface area contributed by atoms with Gasteiger partial charge in [-0.05, 0) is 41.5 Å². The topological polar surface area (TPSA) is 20.2 Å². The Labute approximate surface area is 123 Å². The summed E-state index contributed by atoms with van der Waals surface area (Å²) in [6, 6.07) is 8.28. The molecule has 0 heterocycles. The fourth-order valence-electron chi connectivity index (χ4n) is 1.75. The van der Waals surface area contributed by atoms with Crippen molar-refractivity contribution in [3.05, 3.63) is 68.7 Å². The molecular formula is C14H10BrClF2O. The lowest BCUT2D eigenvalue weighted by molar-refractivity contribution is 0.178. The van der Waals surface area contributed by atoms with E-state index in [0.717, 1.165) is 0 Å². The van der Waals surface area contributed by atoms with E-state index in [4.69, 9.17) is 11.6 Å². The first-order valence-electron chi connectivity index (χ1n) is 5.54. The van der Waals surface area contributed by atoms with Crippen LogP contribution < -0.4 is 0 Å². The minimum Gasteiger partial charge on any atom is -0.388 e. The molecule has 0 saturated heterocycles. The molecule has 0 saturated carbocycles. The van der Waals surface area contributed by atoms with Crippen molar-refractivity contribution in [1.29, 1.82) is 0 Å². The van der Waals surface area contributed by atoms with Crippen LogP contribution in [0.3, 0.4) is 0 Å². The molecule has 1 N–H and O–H groups in total. The van der Waals surface area contributed by atoms with Crippen LogP contribution in [0.15, 0.2) is 40.9 Å². The number of hydrogen-bond acceptors (Lipinski definition) is 1. The molecule has 0 fully saturated rings. The zero-order valence-electron chi connectivity index (χ0n) is 9.71. The Balaban J connectivity index is 2.22. The maximum absolute atomic E-state index is 13.1. The van der Waals surface area contributed by atoms with E-state index in [2.05, 4.69) is 15.9 Å². The third-order valence-corrected chi connectivity index (χ3v) is 3.81. The molecular weight excluding hydrogens is 338 g/mol. The molecule has 2 aromatic rings. The normalized spacial score (nSPS) is 12.5. The molecule has 0 aliphatic rings. The van der Waals surface area contributed by atoms with Crippen molar-refractivity contribution in [3.63, 3.8) is 0 Å². The lowest BCUT2D eigenvalue weighted by atomic mass is 10.0. The highest BCUT2D eigenvalue weighted by Crippen LogP contribution is 2.26. The second-order valence-electron chi connectivity index (χ2n) is 4.13. The van der Waals surface area contributed by atoms with Gasteiger partial charge in [-0.2, -0.15) is 0 Å². The van der Waals surface area contributed by atoms with E-state index >= 15 is 0 Å². The van der Waals surface area contributed by atoms with E-state index in [1.807, 2.05) is 0 Å². The first kappa shape index (κ1) is 14.4. The van der Waals surface area contributed by atoms with Crippen molar-refractivity contribution in [1.82, 2.24) is 0 Å². The molecule has 0 amide bonds. The Morgan fingerprint density at radius 3 is 2.58 bits per heavy atom. The lowest BCUT2D eigenvalue weighted by Crippen LogP contribution is -2.03. The van der Waals surface area contributed by atoms with Crippen LogP contribution >= 0.6 is 27.5 Å². The summed E-state index contributed by atoms with van der Waals surface area (Å²) in [4.78, 5) is 0. The van der Waals surface area contributed by atoms with Crippen molar-refractivity contribution in [2.24, 2.45) is 0 Å². The molecule has 0 radical (unpaired) electrons. The van der Waals surface area contributed by atoms with Crippen LogP contribution in [0, 0.1) is 11.6 Å². The molecule has 5 heteroatoms. The Morgan fingerprint density at radius 1 is 1.16 bits per heavy atom. The van der Waals surface area contributed by atoms with E-state index in [-0.39, 0.29) is 17.3 Å². The van der Waals surface area contributed by atoms with E-state index in [9.17, 15) is 13.9 Å². The fraction of sp³-hybridized carbons (Fsp3) is 0.143. The predicted molar refractivity (Wildman–Crippen MR) is 74.2 cm³/mol. The van der Waals surface area contributed by atoms with E-state index in [1.54, 1.807) is 6.07 Å². The summed E-state index contributed by atoms with van der Waals surface area (Å²) >= 11 is 8.96. The SMILES string of the molecule is OC(Cc1cc(F)ccc1Br)c1ccc(F)c(Cl)c1. The van der Waals surface area contributed by atoms with Crippen LogP contribution in [0.4, 0.5) is 8.78 Å². The van der Waals surface area contributed by atoms with Gasteiger partial charge in [-0.1, -0.05) is 33.6 Å². The van der Waals surface area contributed by atoms with Crippen LogP contribution in [-0.2, 0) is 6.42 Å². The highest BCUT2D eigenvalue weighted by molar-refractivity contribution is 9.10. The van der Waals surface area contributed by atoms with Gasteiger partial charge in [-0.3, -0.25) is 0 Å². The van der Waals surface area contributed by atoms with Crippen LogP contribution in [0.2, 0.25) is 5.02 Å². The largest absolute Gasteiger partial charge is 0.388 e. The number of halogens is 4. The van der Waals surface area contributed by atoms with Crippen molar-refractivity contribution < 1.29 is 13.9 Å². The van der Waals surface area contributed by atoms with Gasteiger partial charge in [0.05, 0.1) is 11.1 Å². The van der Waals surface area contributed by atoms with Gasteiger partial charge < -0.3 is 5.11 Å². The summed E-state index contributed by atoms with van der Waals surface area (Å²) in [5, 5.41) is 10.0. The summed E-state index contributed by atoms with van der Waals surface area (Å²) in [5.74, 6) is -0.910. The first-order chi connectivity index (χ1) is 8.97. The van der Waals surface area contributed by atoms with Crippen molar-refractivity contribution in [2.45, 2.75) is 12.5 Å². The number of rotatable bonds is 3. The molecule has 0 aliphatic heterocycles. The molecule has 2 rings (SSSR count). The van der Waals surface area contributed by atoms with Crippen LogP contribution in [0.1, 0.15) is 17.2 Å². The van der Waals surface area contributed by atoms with Crippen molar-refractivity contribution in [3.8, 4) is 0 Å². The summed E-state index contributed by atoms with van der Waals surface area (Å²) in [6.45, 7) is 0. The maximum atomic E-state index is 13.1. The van der Waals surface area contributed by atoms with Crippen LogP contribution in [0.5, 0.6) is 0 Å². The highest BCUT2D eigenvalue weighted by atomic mass is 79.9. The summed E-state index contributed by atoms with van der Waals surface area (Å²) in [5.41, 5.74) is 1.12. The molecule has 1 nitrogen and oxygen atoms in total. The van der Waals surface area contributed by atoms with Gasteiger partial charge in [0.1, 0.15) is 11.6 Å². The molecule has 0 bridgehead atoms. The predicted octanol–water partition coefficient (Wildman–Crippen LogP) is 4.66. The molecule has 1 unspecified atom stereocenters. The third-order valence-electron chi connectivity index (χ3n) is 2.75. The van der Waals surface area contributed by atoms with Crippen LogP contribution in [-0.4, -0.2) is 5.11 Å². The average Bonchev–Trinajstić information content (AvgIpc) is 2.37. The minimum absolute atomic E-state index is 0.0464. The molecule has 0 spiro atoms. The van der Waals surface area contributed by atoms with Gasteiger partial charge in [0.25, 0.3) is 0 Å². The first-order valence-corrected chi connectivity index (χ1v) is 6.71. The number of benzene rings is 2. The van der Waals surface area contributed by atoms with Gasteiger partial charge in [0.2, 0.25) is 0 Å². The Bertz CT molecular complexity index is 604. The zero-order chi connectivity index (χ0) is 14.0. The molecule has 0 aliphatic carbocycles. The maximum Gasteiger partial charge on any atom is 0.141 e. The lowest BCUT2D eigenvalue weighted by Gasteiger charge is -2.13. The van der Waals surface area contributed by atoms with Crippen molar-refractivity contribution in [2.75, 3.05) is 0 Å². The molecule has 100 valence electrons. The van der Waals surface area contributed by atoms with Gasteiger partial charge >= 0.3 is 0 Å². The zero-order valence-corrected chi connectivity index (χ0v) is 12.0. The second-order valence-corrected chi connectivity index (χ2v) is 5.39. The minimum atomic E-state index is -0.879. The Hall–Kier alpha value is -0.970. The Morgan fingerprint density at radius 2 is 1.89 bits per heavy atom. The van der Waals surface area contributed by atoms with Crippen molar-refractivity contribution >= 4 is 27.5 Å². The monoisotopic (exact) mass is 346 g/mol.